The van der Waals surface area contributed by atoms with Gasteiger partial charge in [-0.3, -0.25) is 4.90 Å². The van der Waals surface area contributed by atoms with Crippen LogP contribution in [0.4, 0.5) is 4.39 Å². The van der Waals surface area contributed by atoms with Crippen LogP contribution in [0.5, 0.6) is 0 Å². The summed E-state index contributed by atoms with van der Waals surface area (Å²) in [5.74, 6) is 1.19. The number of nitrogens with one attached hydrogen (secondary N) is 1. The molecule has 0 spiro atoms. The van der Waals surface area contributed by atoms with Crippen LogP contribution < -0.4 is 0 Å². The summed E-state index contributed by atoms with van der Waals surface area (Å²) in [4.78, 5) is 9.82. The number of hydrogen-bond acceptors (Lipinski definition) is 3. The van der Waals surface area contributed by atoms with Gasteiger partial charge in [-0.1, -0.05) is 6.07 Å². The standard InChI is InChI=1S/C16H19FN4/c1-11(12-6-7-12)21(9-3-8-18)10-15-19-14-5-2-4-13(17)16(14)20-15/h2,4-5,11-12H,3,6-7,9-10H2,1H3,(H,19,20). The normalized spacial score (nSPS) is 16.3. The number of H-pyrrole nitrogens is 1. The zero-order valence-electron chi connectivity index (χ0n) is 12.1. The highest BCUT2D eigenvalue weighted by molar-refractivity contribution is 5.75. The van der Waals surface area contributed by atoms with Crippen LogP contribution in [-0.4, -0.2) is 27.5 Å². The average molecular weight is 286 g/mol. The molecule has 4 nitrogen and oxygen atoms in total. The Kier molecular flexibility index (Phi) is 3.89. The molecule has 1 unspecified atom stereocenters. The topological polar surface area (TPSA) is 55.7 Å². The summed E-state index contributed by atoms with van der Waals surface area (Å²) in [5, 5.41) is 8.82. The van der Waals surface area contributed by atoms with Gasteiger partial charge in [-0.05, 0) is 37.8 Å². The second kappa shape index (κ2) is 5.82. The van der Waals surface area contributed by atoms with Crippen molar-refractivity contribution >= 4 is 11.0 Å². The molecule has 0 aliphatic heterocycles. The maximum Gasteiger partial charge on any atom is 0.151 e. The molecule has 1 fully saturated rings. The molecule has 0 amide bonds. The number of aromatic nitrogens is 2. The molecule has 110 valence electrons. The molecule has 1 aromatic heterocycles. The highest BCUT2D eigenvalue weighted by Gasteiger charge is 2.32. The second-order valence-electron chi connectivity index (χ2n) is 5.78. The third-order valence-electron chi connectivity index (χ3n) is 4.26. The number of rotatable bonds is 6. The van der Waals surface area contributed by atoms with Gasteiger partial charge in [0.05, 0.1) is 18.1 Å². The van der Waals surface area contributed by atoms with Crippen molar-refractivity contribution in [2.45, 2.75) is 38.8 Å². The highest BCUT2D eigenvalue weighted by atomic mass is 19.1. The number of aromatic amines is 1. The molecule has 1 aromatic carbocycles. The zero-order chi connectivity index (χ0) is 14.8. The van der Waals surface area contributed by atoms with Crippen molar-refractivity contribution in [2.75, 3.05) is 6.54 Å². The fourth-order valence-electron chi connectivity index (χ4n) is 2.81. The molecule has 0 bridgehead atoms. The van der Waals surface area contributed by atoms with E-state index < -0.39 is 0 Å². The Morgan fingerprint density at radius 3 is 3.00 bits per heavy atom. The SMILES string of the molecule is CC(C1CC1)N(CCC#N)Cc1nc2c(F)cccc2[nH]1. The van der Waals surface area contributed by atoms with Crippen molar-refractivity contribution in [1.29, 1.82) is 5.26 Å². The van der Waals surface area contributed by atoms with E-state index in [2.05, 4.69) is 27.9 Å². The van der Waals surface area contributed by atoms with Gasteiger partial charge in [-0.15, -0.1) is 0 Å². The Hall–Kier alpha value is -1.93. The minimum absolute atomic E-state index is 0.297. The molecule has 21 heavy (non-hydrogen) atoms. The summed E-state index contributed by atoms with van der Waals surface area (Å²) in [6, 6.07) is 7.58. The number of nitriles is 1. The van der Waals surface area contributed by atoms with Gasteiger partial charge < -0.3 is 4.98 Å². The Morgan fingerprint density at radius 1 is 1.52 bits per heavy atom. The van der Waals surface area contributed by atoms with Crippen LogP contribution in [0.3, 0.4) is 0 Å². The fourth-order valence-corrected chi connectivity index (χ4v) is 2.81. The molecule has 1 heterocycles. The Bertz CT molecular complexity index is 668. The van der Waals surface area contributed by atoms with E-state index in [9.17, 15) is 4.39 Å². The average Bonchev–Trinajstić information content (AvgIpc) is 3.23. The molecule has 1 aliphatic rings. The van der Waals surface area contributed by atoms with Crippen molar-refractivity contribution < 1.29 is 4.39 Å². The van der Waals surface area contributed by atoms with Crippen LogP contribution in [0.25, 0.3) is 11.0 Å². The molecular formula is C16H19FN4. The minimum Gasteiger partial charge on any atom is -0.341 e. The first kappa shape index (κ1) is 14.0. The lowest BCUT2D eigenvalue weighted by Gasteiger charge is -2.27. The molecule has 3 rings (SSSR count). The summed E-state index contributed by atoms with van der Waals surface area (Å²) >= 11 is 0. The predicted octanol–water partition coefficient (Wildman–Crippen LogP) is 3.22. The first-order chi connectivity index (χ1) is 10.2. The van der Waals surface area contributed by atoms with Gasteiger partial charge in [-0.25, -0.2) is 9.37 Å². The molecule has 2 aromatic rings. The Labute approximate surface area is 123 Å². The number of halogens is 1. The van der Waals surface area contributed by atoms with E-state index in [4.69, 9.17) is 5.26 Å². The van der Waals surface area contributed by atoms with Gasteiger partial charge in [-0.2, -0.15) is 5.26 Å². The molecule has 0 radical (unpaired) electrons. The molecule has 1 saturated carbocycles. The van der Waals surface area contributed by atoms with E-state index in [0.717, 1.165) is 23.8 Å². The van der Waals surface area contributed by atoms with E-state index in [1.165, 1.54) is 18.9 Å². The number of imidazole rings is 1. The number of nitrogens with zero attached hydrogens (tertiary/aromatic N) is 3. The van der Waals surface area contributed by atoms with Gasteiger partial charge in [0, 0.05) is 19.0 Å². The summed E-state index contributed by atoms with van der Waals surface area (Å²) in [5.41, 5.74) is 1.12. The van der Waals surface area contributed by atoms with Crippen molar-refractivity contribution in [3.8, 4) is 6.07 Å². The van der Waals surface area contributed by atoms with Crippen LogP contribution in [0.15, 0.2) is 18.2 Å². The lowest BCUT2D eigenvalue weighted by Crippen LogP contribution is -2.35. The van der Waals surface area contributed by atoms with Crippen LogP contribution >= 0.6 is 0 Å². The van der Waals surface area contributed by atoms with Crippen LogP contribution in [0, 0.1) is 23.1 Å². The number of para-hydroxylation sites is 1. The summed E-state index contributed by atoms with van der Waals surface area (Å²) in [6.07, 6.45) is 3.03. The second-order valence-corrected chi connectivity index (χ2v) is 5.78. The van der Waals surface area contributed by atoms with Crippen molar-refractivity contribution in [3.05, 3.63) is 29.8 Å². The van der Waals surface area contributed by atoms with Gasteiger partial charge in [0.2, 0.25) is 0 Å². The van der Waals surface area contributed by atoms with Crippen molar-refractivity contribution in [3.63, 3.8) is 0 Å². The van der Waals surface area contributed by atoms with E-state index in [1.807, 2.05) is 6.07 Å². The van der Waals surface area contributed by atoms with Gasteiger partial charge in [0.1, 0.15) is 11.3 Å². The van der Waals surface area contributed by atoms with Crippen molar-refractivity contribution in [2.24, 2.45) is 5.92 Å². The number of hydrogen-bond donors (Lipinski definition) is 1. The predicted molar refractivity (Wildman–Crippen MR) is 78.9 cm³/mol. The van der Waals surface area contributed by atoms with E-state index >= 15 is 0 Å². The fraction of sp³-hybridized carbons (Fsp3) is 0.500. The van der Waals surface area contributed by atoms with Gasteiger partial charge in [0.15, 0.2) is 5.82 Å². The maximum absolute atomic E-state index is 13.7. The first-order valence-corrected chi connectivity index (χ1v) is 7.43. The number of benzene rings is 1. The quantitative estimate of drug-likeness (QED) is 0.887. The van der Waals surface area contributed by atoms with Gasteiger partial charge in [0.25, 0.3) is 0 Å². The maximum atomic E-state index is 13.7. The van der Waals surface area contributed by atoms with Gasteiger partial charge >= 0.3 is 0 Å². The molecular weight excluding hydrogens is 267 g/mol. The molecule has 0 saturated heterocycles. The summed E-state index contributed by atoms with van der Waals surface area (Å²) in [6.45, 7) is 3.57. The largest absolute Gasteiger partial charge is 0.341 e. The molecule has 1 atom stereocenters. The smallest absolute Gasteiger partial charge is 0.151 e. The lowest BCUT2D eigenvalue weighted by molar-refractivity contribution is 0.181. The van der Waals surface area contributed by atoms with E-state index in [0.29, 0.717) is 24.5 Å². The van der Waals surface area contributed by atoms with Crippen LogP contribution in [-0.2, 0) is 6.54 Å². The molecule has 5 heteroatoms. The number of fused-ring (bicyclic) bond motifs is 1. The first-order valence-electron chi connectivity index (χ1n) is 7.43. The lowest BCUT2D eigenvalue weighted by atomic mass is 10.1. The highest BCUT2D eigenvalue weighted by Crippen LogP contribution is 2.35. The monoisotopic (exact) mass is 286 g/mol. The third-order valence-corrected chi connectivity index (χ3v) is 4.26. The van der Waals surface area contributed by atoms with E-state index in [-0.39, 0.29) is 5.82 Å². The van der Waals surface area contributed by atoms with Crippen LogP contribution in [0.1, 0.15) is 32.0 Å². The Balaban J connectivity index is 1.79. The third kappa shape index (κ3) is 3.06. The van der Waals surface area contributed by atoms with E-state index in [1.54, 1.807) is 6.07 Å². The summed E-state index contributed by atoms with van der Waals surface area (Å²) < 4.78 is 13.7. The minimum atomic E-state index is -0.297. The summed E-state index contributed by atoms with van der Waals surface area (Å²) in [7, 11) is 0. The zero-order valence-corrected chi connectivity index (χ0v) is 12.1. The van der Waals surface area contributed by atoms with Crippen LogP contribution in [0.2, 0.25) is 0 Å². The van der Waals surface area contributed by atoms with Crippen molar-refractivity contribution in [1.82, 2.24) is 14.9 Å². The molecule has 1 N–H and O–H groups in total. The molecule has 1 aliphatic carbocycles. The Morgan fingerprint density at radius 2 is 2.33 bits per heavy atom.